The fourth-order valence-corrected chi connectivity index (χ4v) is 2.30. The summed E-state index contributed by atoms with van der Waals surface area (Å²) in [7, 11) is 0. The van der Waals surface area contributed by atoms with Crippen LogP contribution in [0.2, 0.25) is 0 Å². The number of nitrogens with one attached hydrogen (secondary N) is 1. The Kier molecular flexibility index (Phi) is 3.18. The van der Waals surface area contributed by atoms with Crippen molar-refractivity contribution in [3.05, 3.63) is 34.2 Å². The molecular weight excluding hydrogens is 236 g/mol. The maximum Gasteiger partial charge on any atom is 0.326 e. The number of hydrogen-bond donors (Lipinski definition) is 2. The van der Waals surface area contributed by atoms with Crippen molar-refractivity contribution in [1.82, 2.24) is 9.88 Å². The molecule has 2 unspecified atom stereocenters. The first-order valence-corrected chi connectivity index (χ1v) is 5.74. The van der Waals surface area contributed by atoms with Crippen molar-refractivity contribution >= 4 is 11.9 Å². The molecule has 1 aromatic rings. The van der Waals surface area contributed by atoms with Gasteiger partial charge in [0.25, 0.3) is 11.5 Å². The summed E-state index contributed by atoms with van der Waals surface area (Å²) in [6.45, 7) is 2.16. The number of carboxylic acid groups (broad SMARTS) is 1. The third-order valence-electron chi connectivity index (χ3n) is 3.26. The van der Waals surface area contributed by atoms with E-state index in [1.54, 1.807) is 13.0 Å². The zero-order valence-electron chi connectivity index (χ0n) is 9.92. The number of rotatable bonds is 2. The second-order valence-electron chi connectivity index (χ2n) is 4.46. The van der Waals surface area contributed by atoms with Crippen molar-refractivity contribution in [2.45, 2.75) is 19.4 Å². The van der Waals surface area contributed by atoms with Gasteiger partial charge in [0.1, 0.15) is 11.6 Å². The van der Waals surface area contributed by atoms with E-state index in [2.05, 4.69) is 4.98 Å². The number of carboxylic acids is 1. The molecule has 1 fully saturated rings. The van der Waals surface area contributed by atoms with Crippen LogP contribution >= 0.6 is 0 Å². The lowest BCUT2D eigenvalue weighted by Crippen LogP contribution is -2.44. The molecule has 0 radical (unpaired) electrons. The standard InChI is InChI=1S/C12H14N2O4/c1-7-4-6-14(9(7)12(17)18)11(16)8-3-2-5-13-10(8)15/h2-3,5,7,9H,4,6H2,1H3,(H,13,15)(H,17,18). The Morgan fingerprint density at radius 2 is 2.22 bits per heavy atom. The summed E-state index contributed by atoms with van der Waals surface area (Å²) in [4.78, 5) is 38.5. The van der Waals surface area contributed by atoms with Crippen molar-refractivity contribution in [2.75, 3.05) is 6.54 Å². The quantitative estimate of drug-likeness (QED) is 0.790. The van der Waals surface area contributed by atoms with Crippen molar-refractivity contribution in [2.24, 2.45) is 5.92 Å². The summed E-state index contributed by atoms with van der Waals surface area (Å²) < 4.78 is 0. The predicted molar refractivity (Wildman–Crippen MR) is 63.3 cm³/mol. The van der Waals surface area contributed by atoms with Gasteiger partial charge in [0, 0.05) is 12.7 Å². The molecule has 0 aliphatic carbocycles. The number of likely N-dealkylation sites (tertiary alicyclic amines) is 1. The number of amides is 1. The van der Waals surface area contributed by atoms with Gasteiger partial charge in [-0.25, -0.2) is 4.79 Å². The van der Waals surface area contributed by atoms with Crippen molar-refractivity contribution in [1.29, 1.82) is 0 Å². The Morgan fingerprint density at radius 1 is 1.50 bits per heavy atom. The van der Waals surface area contributed by atoms with Crippen LogP contribution in [0.3, 0.4) is 0 Å². The van der Waals surface area contributed by atoms with Crippen LogP contribution in [0.5, 0.6) is 0 Å². The van der Waals surface area contributed by atoms with Crippen LogP contribution in [0, 0.1) is 5.92 Å². The molecule has 96 valence electrons. The lowest BCUT2D eigenvalue weighted by Gasteiger charge is -2.22. The number of carbonyl (C=O) groups is 2. The normalized spacial score (nSPS) is 23.1. The summed E-state index contributed by atoms with van der Waals surface area (Å²) in [5, 5.41) is 9.14. The Labute approximate surface area is 103 Å². The van der Waals surface area contributed by atoms with E-state index in [4.69, 9.17) is 5.11 Å². The van der Waals surface area contributed by atoms with Crippen molar-refractivity contribution in [3.8, 4) is 0 Å². The minimum atomic E-state index is -1.03. The smallest absolute Gasteiger partial charge is 0.326 e. The van der Waals surface area contributed by atoms with Crippen molar-refractivity contribution in [3.63, 3.8) is 0 Å². The minimum absolute atomic E-state index is 0.0159. The second-order valence-corrected chi connectivity index (χ2v) is 4.46. The number of aromatic amines is 1. The Bertz CT molecular complexity index is 537. The summed E-state index contributed by atoms with van der Waals surface area (Å²) in [6.07, 6.45) is 2.06. The van der Waals surface area contributed by atoms with Gasteiger partial charge in [0.05, 0.1) is 0 Å². The lowest BCUT2D eigenvalue weighted by atomic mass is 10.0. The molecule has 0 saturated carbocycles. The minimum Gasteiger partial charge on any atom is -0.480 e. The van der Waals surface area contributed by atoms with E-state index in [1.165, 1.54) is 17.2 Å². The first-order valence-electron chi connectivity index (χ1n) is 5.74. The molecule has 2 atom stereocenters. The number of H-pyrrole nitrogens is 1. The van der Waals surface area contributed by atoms with E-state index >= 15 is 0 Å². The highest BCUT2D eigenvalue weighted by atomic mass is 16.4. The molecule has 1 aromatic heterocycles. The van der Waals surface area contributed by atoms with Crippen LogP contribution in [0.1, 0.15) is 23.7 Å². The average molecular weight is 250 g/mol. The van der Waals surface area contributed by atoms with E-state index < -0.39 is 23.5 Å². The first kappa shape index (κ1) is 12.3. The second kappa shape index (κ2) is 4.64. The van der Waals surface area contributed by atoms with Gasteiger partial charge in [-0.2, -0.15) is 0 Å². The van der Waals surface area contributed by atoms with E-state index in [0.29, 0.717) is 13.0 Å². The molecular formula is C12H14N2O4. The van der Waals surface area contributed by atoms with Gasteiger partial charge < -0.3 is 15.0 Å². The first-order chi connectivity index (χ1) is 8.52. The molecule has 2 rings (SSSR count). The summed E-state index contributed by atoms with van der Waals surface area (Å²) >= 11 is 0. The van der Waals surface area contributed by atoms with Gasteiger partial charge in [0.2, 0.25) is 0 Å². The van der Waals surface area contributed by atoms with Crippen LogP contribution in [-0.4, -0.2) is 39.5 Å². The van der Waals surface area contributed by atoms with Crippen LogP contribution in [0.25, 0.3) is 0 Å². The van der Waals surface area contributed by atoms with Gasteiger partial charge in [-0.3, -0.25) is 9.59 Å². The van der Waals surface area contributed by atoms with Crippen molar-refractivity contribution < 1.29 is 14.7 Å². The van der Waals surface area contributed by atoms with Crippen LogP contribution in [0.4, 0.5) is 0 Å². The van der Waals surface area contributed by atoms with Gasteiger partial charge in [-0.15, -0.1) is 0 Å². The maximum absolute atomic E-state index is 12.2. The molecule has 0 bridgehead atoms. The molecule has 0 spiro atoms. The largest absolute Gasteiger partial charge is 0.480 e. The highest BCUT2D eigenvalue weighted by Gasteiger charge is 2.40. The third kappa shape index (κ3) is 2.01. The number of carbonyl (C=O) groups excluding carboxylic acids is 1. The average Bonchev–Trinajstić information content (AvgIpc) is 2.71. The van der Waals surface area contributed by atoms with E-state index in [-0.39, 0.29) is 11.5 Å². The number of aliphatic carboxylic acids is 1. The van der Waals surface area contributed by atoms with Crippen LogP contribution < -0.4 is 5.56 Å². The summed E-state index contributed by atoms with van der Waals surface area (Å²) in [5.74, 6) is -1.65. The van der Waals surface area contributed by atoms with Gasteiger partial charge in [-0.1, -0.05) is 6.92 Å². The highest BCUT2D eigenvalue weighted by molar-refractivity contribution is 5.96. The van der Waals surface area contributed by atoms with Crippen LogP contribution in [-0.2, 0) is 4.79 Å². The summed E-state index contributed by atoms with van der Waals surface area (Å²) in [6, 6.07) is 2.10. The number of pyridine rings is 1. The molecule has 18 heavy (non-hydrogen) atoms. The fraction of sp³-hybridized carbons (Fsp3) is 0.417. The Hall–Kier alpha value is -2.11. The molecule has 1 aliphatic rings. The maximum atomic E-state index is 12.2. The fourth-order valence-electron chi connectivity index (χ4n) is 2.30. The molecule has 1 aliphatic heterocycles. The number of aromatic nitrogens is 1. The highest BCUT2D eigenvalue weighted by Crippen LogP contribution is 2.25. The molecule has 2 heterocycles. The third-order valence-corrected chi connectivity index (χ3v) is 3.26. The molecule has 0 aromatic carbocycles. The van der Waals surface area contributed by atoms with E-state index in [0.717, 1.165) is 0 Å². The molecule has 1 amide bonds. The van der Waals surface area contributed by atoms with E-state index in [1.807, 2.05) is 0 Å². The van der Waals surface area contributed by atoms with Crippen LogP contribution in [0.15, 0.2) is 23.1 Å². The Morgan fingerprint density at radius 3 is 2.83 bits per heavy atom. The lowest BCUT2D eigenvalue weighted by molar-refractivity contribution is -0.142. The predicted octanol–water partition coefficient (Wildman–Crippen LogP) is 0.310. The summed E-state index contributed by atoms with van der Waals surface area (Å²) in [5.41, 5.74) is -0.510. The molecule has 1 saturated heterocycles. The zero-order chi connectivity index (χ0) is 13.3. The zero-order valence-corrected chi connectivity index (χ0v) is 9.92. The molecule has 2 N–H and O–H groups in total. The van der Waals surface area contributed by atoms with E-state index in [9.17, 15) is 14.4 Å². The SMILES string of the molecule is CC1CCN(C(=O)c2ccc[nH]c2=O)C1C(=O)O. The van der Waals surface area contributed by atoms with Gasteiger partial charge in [0.15, 0.2) is 0 Å². The number of nitrogens with zero attached hydrogens (tertiary/aromatic N) is 1. The van der Waals surface area contributed by atoms with Gasteiger partial charge in [-0.05, 0) is 24.5 Å². The Balaban J connectivity index is 2.32. The monoisotopic (exact) mass is 250 g/mol. The van der Waals surface area contributed by atoms with Gasteiger partial charge >= 0.3 is 5.97 Å². The topological polar surface area (TPSA) is 90.5 Å². The molecule has 6 nitrogen and oxygen atoms in total. The number of hydrogen-bond acceptors (Lipinski definition) is 3. The molecule has 6 heteroatoms.